The molecule has 1 aromatic rings. The van der Waals surface area contributed by atoms with Gasteiger partial charge < -0.3 is 10.0 Å². The Balaban J connectivity index is 2.16. The molecule has 0 bridgehead atoms. The molecule has 1 aliphatic heterocycles. The normalized spacial score (nSPS) is 16.5. The van der Waals surface area contributed by atoms with Crippen molar-refractivity contribution < 1.29 is 9.90 Å². The Hall–Kier alpha value is -1.51. The van der Waals surface area contributed by atoms with E-state index in [4.69, 9.17) is 0 Å². The van der Waals surface area contributed by atoms with Gasteiger partial charge in [-0.3, -0.25) is 4.79 Å². The Kier molecular flexibility index (Phi) is 2.15. The van der Waals surface area contributed by atoms with Gasteiger partial charge in [0.25, 0.3) is 5.91 Å². The highest BCUT2D eigenvalue weighted by atomic mass is 16.3. The number of carbonyl (C=O) groups excluding carboxylic acids is 1. The first-order valence-corrected chi connectivity index (χ1v) is 4.75. The molecule has 1 aliphatic rings. The fourth-order valence-corrected chi connectivity index (χ4v) is 1.69. The van der Waals surface area contributed by atoms with E-state index in [1.54, 1.807) is 23.1 Å². The second-order valence-electron chi connectivity index (χ2n) is 3.83. The molecule has 3 nitrogen and oxygen atoms in total. The van der Waals surface area contributed by atoms with Crippen LogP contribution < -0.4 is 0 Å². The maximum atomic E-state index is 11.8. The molecule has 1 fully saturated rings. The van der Waals surface area contributed by atoms with Crippen LogP contribution in [0.1, 0.15) is 17.3 Å². The Morgan fingerprint density at radius 2 is 2.07 bits per heavy atom. The van der Waals surface area contributed by atoms with E-state index in [1.165, 1.54) is 6.07 Å². The first-order valence-electron chi connectivity index (χ1n) is 4.75. The molecule has 0 atom stereocenters. The summed E-state index contributed by atoms with van der Waals surface area (Å²) in [5, 5.41) is 9.47. The van der Waals surface area contributed by atoms with Crippen LogP contribution in [0.2, 0.25) is 0 Å². The van der Waals surface area contributed by atoms with Gasteiger partial charge in [0.15, 0.2) is 0 Å². The average molecular weight is 191 g/mol. The number of nitrogens with zero attached hydrogens (tertiary/aromatic N) is 1. The molecular formula is C11H13NO2. The smallest absolute Gasteiger partial charge is 0.257 e. The van der Waals surface area contributed by atoms with E-state index in [0.717, 1.165) is 13.1 Å². The van der Waals surface area contributed by atoms with Gasteiger partial charge in [-0.25, -0.2) is 0 Å². The number of benzene rings is 1. The molecule has 0 spiro atoms. The zero-order chi connectivity index (χ0) is 10.1. The van der Waals surface area contributed by atoms with Crippen molar-refractivity contribution in [3.8, 4) is 5.75 Å². The van der Waals surface area contributed by atoms with E-state index in [-0.39, 0.29) is 11.7 Å². The maximum absolute atomic E-state index is 11.8. The van der Waals surface area contributed by atoms with Crippen molar-refractivity contribution in [3.05, 3.63) is 29.8 Å². The highest BCUT2D eigenvalue weighted by Crippen LogP contribution is 2.22. The van der Waals surface area contributed by atoms with Crippen molar-refractivity contribution in [3.63, 3.8) is 0 Å². The van der Waals surface area contributed by atoms with E-state index in [9.17, 15) is 9.90 Å². The largest absolute Gasteiger partial charge is 0.507 e. The second-order valence-corrected chi connectivity index (χ2v) is 3.83. The Labute approximate surface area is 83.0 Å². The zero-order valence-corrected chi connectivity index (χ0v) is 8.10. The van der Waals surface area contributed by atoms with E-state index in [0.29, 0.717) is 11.5 Å². The predicted octanol–water partition coefficient (Wildman–Crippen LogP) is 1.48. The van der Waals surface area contributed by atoms with Crippen LogP contribution in [0.15, 0.2) is 24.3 Å². The summed E-state index contributed by atoms with van der Waals surface area (Å²) in [5.41, 5.74) is 0.402. The summed E-state index contributed by atoms with van der Waals surface area (Å²) < 4.78 is 0. The quantitative estimate of drug-likeness (QED) is 0.730. The van der Waals surface area contributed by atoms with Gasteiger partial charge in [0.1, 0.15) is 5.75 Å². The molecule has 14 heavy (non-hydrogen) atoms. The number of para-hydroxylation sites is 1. The molecule has 0 saturated carbocycles. The van der Waals surface area contributed by atoms with E-state index in [1.807, 2.05) is 0 Å². The summed E-state index contributed by atoms with van der Waals surface area (Å²) >= 11 is 0. The summed E-state index contributed by atoms with van der Waals surface area (Å²) in [6.45, 7) is 3.70. The standard InChI is InChI=1S/C11H13NO2/c1-8-6-12(7-8)11(14)9-4-2-3-5-10(9)13/h2-5,8,13H,6-7H2,1H3. The number of likely N-dealkylation sites (tertiary alicyclic amines) is 1. The number of hydrogen-bond acceptors (Lipinski definition) is 2. The number of amides is 1. The van der Waals surface area contributed by atoms with Crippen molar-refractivity contribution in [2.75, 3.05) is 13.1 Å². The van der Waals surface area contributed by atoms with Crippen LogP contribution in [0.5, 0.6) is 5.75 Å². The number of carbonyl (C=O) groups is 1. The zero-order valence-electron chi connectivity index (χ0n) is 8.10. The number of phenolic OH excluding ortho intramolecular Hbond substituents is 1. The van der Waals surface area contributed by atoms with Crippen LogP contribution in [0, 0.1) is 5.92 Å². The molecule has 0 radical (unpaired) electrons. The van der Waals surface area contributed by atoms with Gasteiger partial charge in [-0.2, -0.15) is 0 Å². The lowest BCUT2D eigenvalue weighted by atomic mass is 10.0. The molecule has 1 saturated heterocycles. The van der Waals surface area contributed by atoms with Gasteiger partial charge in [0.2, 0.25) is 0 Å². The molecule has 74 valence electrons. The third-order valence-electron chi connectivity index (χ3n) is 2.49. The highest BCUT2D eigenvalue weighted by Gasteiger charge is 2.28. The van der Waals surface area contributed by atoms with Crippen LogP contribution in [0.25, 0.3) is 0 Å². The second kappa shape index (κ2) is 3.33. The molecule has 0 unspecified atom stereocenters. The Morgan fingerprint density at radius 1 is 1.43 bits per heavy atom. The van der Waals surface area contributed by atoms with Gasteiger partial charge in [-0.15, -0.1) is 0 Å². The average Bonchev–Trinajstić information content (AvgIpc) is 2.13. The molecule has 1 N–H and O–H groups in total. The Morgan fingerprint density at radius 3 is 2.64 bits per heavy atom. The number of rotatable bonds is 1. The SMILES string of the molecule is CC1CN(C(=O)c2ccccc2O)C1. The molecule has 1 aromatic carbocycles. The van der Waals surface area contributed by atoms with Crippen LogP contribution in [0.4, 0.5) is 0 Å². The predicted molar refractivity (Wildman–Crippen MR) is 53.2 cm³/mol. The number of aromatic hydroxyl groups is 1. The van der Waals surface area contributed by atoms with Crippen molar-refractivity contribution in [2.24, 2.45) is 5.92 Å². The van der Waals surface area contributed by atoms with Gasteiger partial charge in [0, 0.05) is 13.1 Å². The molecule has 3 heteroatoms. The summed E-state index contributed by atoms with van der Waals surface area (Å²) in [6, 6.07) is 6.66. The third-order valence-corrected chi connectivity index (χ3v) is 2.49. The first kappa shape index (κ1) is 9.06. The molecule has 0 aromatic heterocycles. The van der Waals surface area contributed by atoms with Crippen molar-refractivity contribution in [1.29, 1.82) is 0 Å². The molecular weight excluding hydrogens is 178 g/mol. The van der Waals surface area contributed by atoms with Crippen molar-refractivity contribution in [1.82, 2.24) is 4.90 Å². The van der Waals surface area contributed by atoms with Gasteiger partial charge >= 0.3 is 0 Å². The van der Waals surface area contributed by atoms with E-state index >= 15 is 0 Å². The molecule has 2 rings (SSSR count). The van der Waals surface area contributed by atoms with Gasteiger partial charge in [-0.1, -0.05) is 19.1 Å². The molecule has 0 aliphatic carbocycles. The fourth-order valence-electron chi connectivity index (χ4n) is 1.69. The van der Waals surface area contributed by atoms with Crippen molar-refractivity contribution >= 4 is 5.91 Å². The molecule has 1 heterocycles. The summed E-state index contributed by atoms with van der Waals surface area (Å²) in [7, 11) is 0. The number of hydrogen-bond donors (Lipinski definition) is 1. The van der Waals surface area contributed by atoms with Crippen LogP contribution in [-0.2, 0) is 0 Å². The fraction of sp³-hybridized carbons (Fsp3) is 0.364. The first-order chi connectivity index (χ1) is 6.68. The minimum absolute atomic E-state index is 0.0667. The van der Waals surface area contributed by atoms with Gasteiger partial charge in [0.05, 0.1) is 5.56 Å². The van der Waals surface area contributed by atoms with E-state index < -0.39 is 0 Å². The van der Waals surface area contributed by atoms with E-state index in [2.05, 4.69) is 6.92 Å². The number of phenols is 1. The summed E-state index contributed by atoms with van der Waals surface area (Å²) in [6.07, 6.45) is 0. The lowest BCUT2D eigenvalue weighted by molar-refractivity contribution is 0.0527. The maximum Gasteiger partial charge on any atom is 0.257 e. The van der Waals surface area contributed by atoms with Crippen molar-refractivity contribution in [2.45, 2.75) is 6.92 Å². The monoisotopic (exact) mass is 191 g/mol. The summed E-state index contributed by atoms with van der Waals surface area (Å²) in [5.74, 6) is 0.586. The van der Waals surface area contributed by atoms with Crippen LogP contribution >= 0.6 is 0 Å². The van der Waals surface area contributed by atoms with Crippen LogP contribution in [-0.4, -0.2) is 29.0 Å². The third kappa shape index (κ3) is 1.45. The molecule has 1 amide bonds. The Bertz CT molecular complexity index is 356. The summed E-state index contributed by atoms with van der Waals surface area (Å²) in [4.78, 5) is 13.5. The highest BCUT2D eigenvalue weighted by molar-refractivity contribution is 5.97. The lowest BCUT2D eigenvalue weighted by Gasteiger charge is -2.37. The minimum Gasteiger partial charge on any atom is -0.507 e. The minimum atomic E-state index is -0.0683. The van der Waals surface area contributed by atoms with Crippen LogP contribution in [0.3, 0.4) is 0 Å². The lowest BCUT2D eigenvalue weighted by Crippen LogP contribution is -2.48. The topological polar surface area (TPSA) is 40.5 Å². The van der Waals surface area contributed by atoms with Gasteiger partial charge in [-0.05, 0) is 18.1 Å².